The SMILES string of the molecule is c1ccc(-c2noc3ncc(-c4nnc(C5CC5)o4)cc23)cc1. The summed E-state index contributed by atoms with van der Waals surface area (Å²) >= 11 is 0. The lowest BCUT2D eigenvalue weighted by Crippen LogP contribution is -1.82. The maximum absolute atomic E-state index is 5.75. The van der Waals surface area contributed by atoms with Gasteiger partial charge in [0.2, 0.25) is 11.8 Å². The molecular formula is C17H12N4O2. The summed E-state index contributed by atoms with van der Waals surface area (Å²) in [5.41, 5.74) is 3.01. The summed E-state index contributed by atoms with van der Waals surface area (Å²) in [4.78, 5) is 4.32. The van der Waals surface area contributed by atoms with Gasteiger partial charge < -0.3 is 8.94 Å². The Labute approximate surface area is 131 Å². The number of hydrogen-bond acceptors (Lipinski definition) is 6. The number of hydrogen-bond donors (Lipinski definition) is 0. The molecular weight excluding hydrogens is 292 g/mol. The molecule has 1 aliphatic carbocycles. The van der Waals surface area contributed by atoms with Gasteiger partial charge in [0.15, 0.2) is 0 Å². The number of fused-ring (bicyclic) bond motifs is 1. The van der Waals surface area contributed by atoms with Crippen LogP contribution in [0.3, 0.4) is 0 Å². The fourth-order valence-corrected chi connectivity index (χ4v) is 2.60. The van der Waals surface area contributed by atoms with Crippen LogP contribution >= 0.6 is 0 Å². The molecule has 5 rings (SSSR count). The molecule has 6 heteroatoms. The topological polar surface area (TPSA) is 77.8 Å². The average Bonchev–Trinajstić information content (AvgIpc) is 3.19. The van der Waals surface area contributed by atoms with Crippen LogP contribution in [0.15, 0.2) is 51.5 Å². The normalized spacial score (nSPS) is 14.4. The lowest BCUT2D eigenvalue weighted by atomic mass is 10.1. The van der Waals surface area contributed by atoms with Gasteiger partial charge in [0.25, 0.3) is 5.71 Å². The van der Waals surface area contributed by atoms with E-state index in [9.17, 15) is 0 Å². The molecule has 4 aromatic rings. The van der Waals surface area contributed by atoms with Crippen molar-refractivity contribution in [3.05, 3.63) is 48.5 Å². The number of aromatic nitrogens is 4. The zero-order chi connectivity index (χ0) is 15.2. The zero-order valence-corrected chi connectivity index (χ0v) is 12.1. The van der Waals surface area contributed by atoms with Crippen molar-refractivity contribution in [2.24, 2.45) is 0 Å². The molecule has 0 saturated heterocycles. The van der Waals surface area contributed by atoms with E-state index in [2.05, 4.69) is 20.3 Å². The van der Waals surface area contributed by atoms with Gasteiger partial charge in [0.1, 0.15) is 5.69 Å². The maximum Gasteiger partial charge on any atom is 0.258 e. The van der Waals surface area contributed by atoms with E-state index in [1.807, 2.05) is 36.4 Å². The van der Waals surface area contributed by atoms with Crippen molar-refractivity contribution in [3.63, 3.8) is 0 Å². The zero-order valence-electron chi connectivity index (χ0n) is 12.1. The van der Waals surface area contributed by atoms with Crippen molar-refractivity contribution in [1.82, 2.24) is 20.3 Å². The Kier molecular flexibility index (Phi) is 2.58. The van der Waals surface area contributed by atoms with Gasteiger partial charge in [-0.05, 0) is 18.9 Å². The minimum Gasteiger partial charge on any atom is -0.420 e. The number of nitrogens with zero attached hydrogens (tertiary/aromatic N) is 4. The van der Waals surface area contributed by atoms with Gasteiger partial charge >= 0.3 is 0 Å². The first-order chi connectivity index (χ1) is 11.4. The molecule has 3 heterocycles. The Morgan fingerprint density at radius 3 is 2.70 bits per heavy atom. The van der Waals surface area contributed by atoms with Gasteiger partial charge in [-0.2, -0.15) is 0 Å². The molecule has 1 fully saturated rings. The Morgan fingerprint density at radius 1 is 1.00 bits per heavy atom. The van der Waals surface area contributed by atoms with Crippen LogP contribution in [0, 0.1) is 0 Å². The second kappa shape index (κ2) is 4.74. The van der Waals surface area contributed by atoms with E-state index in [4.69, 9.17) is 8.94 Å². The summed E-state index contributed by atoms with van der Waals surface area (Å²) < 4.78 is 11.1. The Hall–Kier alpha value is -3.02. The van der Waals surface area contributed by atoms with E-state index in [0.717, 1.165) is 35.0 Å². The van der Waals surface area contributed by atoms with E-state index < -0.39 is 0 Å². The Morgan fingerprint density at radius 2 is 1.87 bits per heavy atom. The molecule has 0 atom stereocenters. The van der Waals surface area contributed by atoms with Gasteiger partial charge in [0, 0.05) is 17.7 Å². The van der Waals surface area contributed by atoms with Crippen molar-refractivity contribution in [2.75, 3.05) is 0 Å². The molecule has 1 saturated carbocycles. The molecule has 0 unspecified atom stereocenters. The van der Waals surface area contributed by atoms with Crippen molar-refractivity contribution in [1.29, 1.82) is 0 Å². The van der Waals surface area contributed by atoms with Gasteiger partial charge in [-0.3, -0.25) is 0 Å². The van der Waals surface area contributed by atoms with E-state index in [-0.39, 0.29) is 0 Å². The van der Waals surface area contributed by atoms with E-state index in [1.165, 1.54) is 0 Å². The van der Waals surface area contributed by atoms with E-state index in [0.29, 0.717) is 23.4 Å². The van der Waals surface area contributed by atoms with Gasteiger partial charge in [-0.15, -0.1) is 10.2 Å². The summed E-state index contributed by atoms with van der Waals surface area (Å²) in [6.45, 7) is 0. The van der Waals surface area contributed by atoms with Gasteiger partial charge in [-0.1, -0.05) is 35.5 Å². The molecule has 0 N–H and O–H groups in total. The fraction of sp³-hybridized carbons (Fsp3) is 0.176. The Balaban J connectivity index is 1.62. The monoisotopic (exact) mass is 304 g/mol. The predicted octanol–water partition coefficient (Wildman–Crippen LogP) is 3.82. The highest BCUT2D eigenvalue weighted by molar-refractivity contribution is 5.91. The summed E-state index contributed by atoms with van der Waals surface area (Å²) in [6.07, 6.45) is 3.93. The van der Waals surface area contributed by atoms with Crippen molar-refractivity contribution in [2.45, 2.75) is 18.8 Å². The highest BCUT2D eigenvalue weighted by atomic mass is 16.5. The van der Waals surface area contributed by atoms with Crippen LogP contribution in [0.4, 0.5) is 0 Å². The summed E-state index contributed by atoms with van der Waals surface area (Å²) in [5, 5.41) is 13.2. The van der Waals surface area contributed by atoms with Crippen LogP contribution in [-0.2, 0) is 0 Å². The minimum atomic E-state index is 0.434. The summed E-state index contributed by atoms with van der Waals surface area (Å²) in [7, 11) is 0. The maximum atomic E-state index is 5.75. The van der Waals surface area contributed by atoms with Crippen LogP contribution in [-0.4, -0.2) is 20.3 Å². The first-order valence-corrected chi connectivity index (χ1v) is 7.53. The van der Waals surface area contributed by atoms with Crippen LogP contribution in [0.25, 0.3) is 33.8 Å². The molecule has 0 radical (unpaired) electrons. The molecule has 3 aromatic heterocycles. The van der Waals surface area contributed by atoms with E-state index in [1.54, 1.807) is 6.20 Å². The number of pyridine rings is 1. The molecule has 1 aromatic carbocycles. The summed E-state index contributed by atoms with van der Waals surface area (Å²) in [6, 6.07) is 11.8. The molecule has 0 amide bonds. The van der Waals surface area contributed by atoms with Crippen LogP contribution in [0.2, 0.25) is 0 Å². The second-order valence-corrected chi connectivity index (χ2v) is 5.69. The van der Waals surface area contributed by atoms with Crippen LogP contribution in [0.5, 0.6) is 0 Å². The van der Waals surface area contributed by atoms with Gasteiger partial charge in [-0.25, -0.2) is 4.98 Å². The van der Waals surface area contributed by atoms with Crippen LogP contribution < -0.4 is 0 Å². The molecule has 1 aliphatic rings. The molecule has 0 aliphatic heterocycles. The standard InChI is InChI=1S/C17H12N4O2/c1-2-4-10(5-3-1)14-13-8-12(9-18-17(13)23-21-14)16-20-19-15(22-16)11-6-7-11/h1-5,8-9,11H,6-7H2. The smallest absolute Gasteiger partial charge is 0.258 e. The largest absolute Gasteiger partial charge is 0.420 e. The van der Waals surface area contributed by atoms with Crippen LogP contribution in [0.1, 0.15) is 24.7 Å². The molecule has 6 nitrogen and oxygen atoms in total. The average molecular weight is 304 g/mol. The molecule has 23 heavy (non-hydrogen) atoms. The highest BCUT2D eigenvalue weighted by Crippen LogP contribution is 2.40. The lowest BCUT2D eigenvalue weighted by Gasteiger charge is -1.97. The molecule has 0 bridgehead atoms. The van der Waals surface area contributed by atoms with Gasteiger partial charge in [0.05, 0.1) is 10.9 Å². The quantitative estimate of drug-likeness (QED) is 0.572. The van der Waals surface area contributed by atoms with Crippen molar-refractivity contribution in [3.8, 4) is 22.7 Å². The number of rotatable bonds is 3. The summed E-state index contributed by atoms with van der Waals surface area (Å²) in [5.74, 6) is 1.64. The molecule has 0 spiro atoms. The number of benzene rings is 1. The lowest BCUT2D eigenvalue weighted by molar-refractivity contribution is 0.451. The van der Waals surface area contributed by atoms with E-state index >= 15 is 0 Å². The third-order valence-electron chi connectivity index (χ3n) is 3.99. The van der Waals surface area contributed by atoms with Crippen molar-refractivity contribution < 1.29 is 8.94 Å². The Bertz CT molecular complexity index is 986. The highest BCUT2D eigenvalue weighted by Gasteiger charge is 2.29. The third kappa shape index (κ3) is 2.11. The minimum absolute atomic E-state index is 0.434. The first-order valence-electron chi connectivity index (χ1n) is 7.53. The van der Waals surface area contributed by atoms with Crippen molar-refractivity contribution >= 4 is 11.1 Å². The predicted molar refractivity (Wildman–Crippen MR) is 82.5 cm³/mol. The third-order valence-corrected chi connectivity index (χ3v) is 3.99. The first kappa shape index (κ1) is 12.5. The second-order valence-electron chi connectivity index (χ2n) is 5.69. The fourth-order valence-electron chi connectivity index (χ4n) is 2.60. The molecule has 112 valence electrons.